The predicted molar refractivity (Wildman–Crippen MR) is 150 cm³/mol. The first-order valence-electron chi connectivity index (χ1n) is 11.7. The van der Waals surface area contributed by atoms with Gasteiger partial charge in [-0.2, -0.15) is 0 Å². The molecule has 0 aliphatic heterocycles. The van der Waals surface area contributed by atoms with E-state index < -0.39 is 32.8 Å². The summed E-state index contributed by atoms with van der Waals surface area (Å²) < 4.78 is 67.9. The average Bonchev–Trinajstić information content (AvgIpc) is 2.89. The zero-order valence-electron chi connectivity index (χ0n) is 20.3. The van der Waals surface area contributed by atoms with E-state index in [1.165, 1.54) is 12.1 Å². The second-order valence-electron chi connectivity index (χ2n) is 8.92. The van der Waals surface area contributed by atoms with E-state index in [2.05, 4.69) is 0 Å². The Morgan fingerprint density at radius 1 is 0.649 bits per heavy atom. The molecule has 0 saturated carbocycles. The van der Waals surface area contributed by atoms with Gasteiger partial charge in [0.15, 0.2) is 0 Å². The second-order valence-corrected chi connectivity index (χ2v) is 16.9. The fourth-order valence-electron chi connectivity index (χ4n) is 4.74. The third-order valence-corrected chi connectivity index (χ3v) is 15.6. The minimum absolute atomic E-state index is 0.00433. The summed E-state index contributed by atoms with van der Waals surface area (Å²) in [4.78, 5) is 0.00433. The Labute approximate surface area is 218 Å². The molecule has 4 aromatic rings. The molecule has 0 aromatic heterocycles. The Hall–Kier alpha value is -2.87. The fraction of sp³-hybridized carbons (Fsp3) is 0.143. The number of benzene rings is 4. The van der Waals surface area contributed by atoms with E-state index in [1.54, 1.807) is 12.1 Å². The molecular formula is C28H29O6PS2. The Morgan fingerprint density at radius 3 is 1.43 bits per heavy atom. The van der Waals surface area contributed by atoms with Crippen LogP contribution in [0.4, 0.5) is 0 Å². The first-order valence-corrected chi connectivity index (χ1v) is 17.1. The molecule has 0 saturated heterocycles. The van der Waals surface area contributed by atoms with Crippen LogP contribution in [0.5, 0.6) is 0 Å². The van der Waals surface area contributed by atoms with E-state index in [4.69, 9.17) is 3.97 Å². The first-order chi connectivity index (χ1) is 17.6. The molecule has 0 radical (unpaired) electrons. The molecule has 0 amide bonds. The summed E-state index contributed by atoms with van der Waals surface area (Å²) in [6.07, 6.45) is 0.00722. The van der Waals surface area contributed by atoms with Crippen molar-refractivity contribution >= 4 is 43.0 Å². The number of hydrogen-bond donors (Lipinski definition) is 1. The van der Waals surface area contributed by atoms with Gasteiger partial charge >= 0.3 is 219 Å². The van der Waals surface area contributed by atoms with Gasteiger partial charge in [0.25, 0.3) is 0 Å². The number of hydrogen-bond acceptors (Lipinski definition) is 5. The first kappa shape index (κ1) is 27.2. The SMILES string of the molecule is Cc1ccc(S(=O)(=O)OP(CCCS(=O)(=O)O)(c2ccccc2)(c2ccccc2)c2ccccc2)cc1. The molecule has 0 unspecified atom stereocenters. The average molecular weight is 557 g/mol. The van der Waals surface area contributed by atoms with E-state index in [-0.39, 0.29) is 17.5 Å². The van der Waals surface area contributed by atoms with E-state index >= 15 is 0 Å². The quantitative estimate of drug-likeness (QED) is 0.229. The predicted octanol–water partition coefficient (Wildman–Crippen LogP) is 4.42. The van der Waals surface area contributed by atoms with Crippen LogP contribution in [0.2, 0.25) is 0 Å². The van der Waals surface area contributed by atoms with E-state index in [9.17, 15) is 21.4 Å². The van der Waals surface area contributed by atoms with Crippen molar-refractivity contribution in [1.82, 2.24) is 0 Å². The number of aryl methyl sites for hydroxylation is 1. The van der Waals surface area contributed by atoms with Gasteiger partial charge in [0, 0.05) is 0 Å². The summed E-state index contributed by atoms with van der Waals surface area (Å²) in [5, 5.41) is 1.91. The van der Waals surface area contributed by atoms with E-state index in [0.717, 1.165) is 5.56 Å². The van der Waals surface area contributed by atoms with E-state index in [1.807, 2.05) is 97.9 Å². The second kappa shape index (κ2) is 10.5. The van der Waals surface area contributed by atoms with Gasteiger partial charge in [-0.25, -0.2) is 0 Å². The van der Waals surface area contributed by atoms with Crippen LogP contribution in [0.15, 0.2) is 120 Å². The Kier molecular flexibility index (Phi) is 7.70. The molecule has 0 heterocycles. The molecule has 0 spiro atoms. The molecule has 9 heteroatoms. The Bertz CT molecular complexity index is 1460. The van der Waals surface area contributed by atoms with Crippen LogP contribution in [-0.4, -0.2) is 33.3 Å². The molecule has 0 fully saturated rings. The molecule has 0 aliphatic carbocycles. The molecule has 1 N–H and O–H groups in total. The topological polar surface area (TPSA) is 97.7 Å². The van der Waals surface area contributed by atoms with Gasteiger partial charge in [0.1, 0.15) is 0 Å². The zero-order valence-corrected chi connectivity index (χ0v) is 22.9. The van der Waals surface area contributed by atoms with Crippen molar-refractivity contribution in [3.63, 3.8) is 0 Å². The molecular weight excluding hydrogens is 527 g/mol. The molecule has 4 rings (SSSR count). The van der Waals surface area contributed by atoms with Crippen LogP contribution in [0, 0.1) is 6.92 Å². The van der Waals surface area contributed by atoms with Crippen molar-refractivity contribution in [3.05, 3.63) is 121 Å². The van der Waals surface area contributed by atoms with Gasteiger partial charge in [-0.3, -0.25) is 0 Å². The summed E-state index contributed by atoms with van der Waals surface area (Å²) >= 11 is 0. The van der Waals surface area contributed by atoms with Gasteiger partial charge in [-0.05, 0) is 0 Å². The third kappa shape index (κ3) is 5.40. The van der Waals surface area contributed by atoms with Crippen LogP contribution in [0.1, 0.15) is 12.0 Å². The number of rotatable bonds is 10. The van der Waals surface area contributed by atoms with Crippen LogP contribution in [0.25, 0.3) is 0 Å². The van der Waals surface area contributed by atoms with Crippen LogP contribution in [-0.2, 0) is 24.2 Å². The van der Waals surface area contributed by atoms with Crippen LogP contribution in [0.3, 0.4) is 0 Å². The van der Waals surface area contributed by atoms with Crippen molar-refractivity contribution in [2.24, 2.45) is 0 Å². The molecule has 37 heavy (non-hydrogen) atoms. The molecule has 0 atom stereocenters. The third-order valence-electron chi connectivity index (χ3n) is 6.47. The van der Waals surface area contributed by atoms with Gasteiger partial charge in [0.05, 0.1) is 0 Å². The van der Waals surface area contributed by atoms with Crippen molar-refractivity contribution in [2.75, 3.05) is 11.9 Å². The monoisotopic (exact) mass is 556 g/mol. The van der Waals surface area contributed by atoms with Crippen LogP contribution >= 0.6 is 6.83 Å². The standard InChI is InChI=1S/C28H29O6PS2/c1-24-18-20-28(21-19-24)37(32,33)34-35(22-11-23-36(29,30)31,25-12-5-2-6-13-25,26-14-7-3-8-15-26)27-16-9-4-10-17-27/h2-10,12-21H,11,22-23H2,1H3,(H,29,30,31). The summed E-state index contributed by atoms with van der Waals surface area (Å²) in [6, 6.07) is 33.8. The summed E-state index contributed by atoms with van der Waals surface area (Å²) in [5.74, 6) is -0.536. The summed E-state index contributed by atoms with van der Waals surface area (Å²) in [7, 11) is -8.66. The Balaban J connectivity index is 2.12. The minimum atomic E-state index is -4.40. The van der Waals surface area contributed by atoms with Gasteiger partial charge < -0.3 is 0 Å². The fourth-order valence-corrected chi connectivity index (χ4v) is 14.2. The van der Waals surface area contributed by atoms with E-state index in [0.29, 0.717) is 15.9 Å². The van der Waals surface area contributed by atoms with Crippen molar-refractivity contribution in [2.45, 2.75) is 18.2 Å². The van der Waals surface area contributed by atoms with Crippen molar-refractivity contribution in [1.29, 1.82) is 0 Å². The molecule has 0 aliphatic rings. The molecule has 6 nitrogen and oxygen atoms in total. The normalized spacial score (nSPS) is 13.5. The Morgan fingerprint density at radius 2 is 1.05 bits per heavy atom. The zero-order chi connectivity index (χ0) is 26.6. The molecule has 4 aromatic carbocycles. The van der Waals surface area contributed by atoms with Crippen molar-refractivity contribution < 1.29 is 25.4 Å². The van der Waals surface area contributed by atoms with Gasteiger partial charge in [0.2, 0.25) is 0 Å². The maximum atomic E-state index is 14.1. The van der Waals surface area contributed by atoms with Gasteiger partial charge in [-0.1, -0.05) is 0 Å². The summed E-state index contributed by atoms with van der Waals surface area (Å²) in [6.45, 7) is -2.53. The summed E-state index contributed by atoms with van der Waals surface area (Å²) in [5.41, 5.74) is 0.902. The van der Waals surface area contributed by atoms with Gasteiger partial charge in [-0.15, -0.1) is 0 Å². The van der Waals surface area contributed by atoms with Crippen LogP contribution < -0.4 is 15.9 Å². The van der Waals surface area contributed by atoms with Crippen molar-refractivity contribution in [3.8, 4) is 0 Å². The molecule has 0 bridgehead atoms. The maximum absolute atomic E-state index is 14.1. The molecule has 194 valence electrons.